The molecule has 0 saturated carbocycles. The molecule has 0 fully saturated rings. The van der Waals surface area contributed by atoms with Crippen molar-refractivity contribution in [2.75, 3.05) is 6.54 Å². The van der Waals surface area contributed by atoms with Crippen molar-refractivity contribution in [2.45, 2.75) is 20.4 Å². The molecule has 0 atom stereocenters. The lowest BCUT2D eigenvalue weighted by Crippen LogP contribution is -2.13. The number of benzene rings is 1. The molecule has 2 aromatic rings. The molecule has 1 aromatic carbocycles. The summed E-state index contributed by atoms with van der Waals surface area (Å²) in [6, 6.07) is 8.52. The van der Waals surface area contributed by atoms with E-state index in [0.717, 1.165) is 12.2 Å². The van der Waals surface area contributed by atoms with Gasteiger partial charge in [0.2, 0.25) is 0 Å². The van der Waals surface area contributed by atoms with E-state index >= 15 is 0 Å². The third-order valence-corrected chi connectivity index (χ3v) is 2.74. The van der Waals surface area contributed by atoms with Gasteiger partial charge in [-0.3, -0.25) is 4.98 Å². The molecule has 2 rings (SSSR count). The standard InChI is InChI=1S/C15H17FN2O/c1-3-17-10-13-14(16)5-4-6-15(13)19-12-8-7-11(2)18-9-12/h4-9,17H,3,10H2,1-2H3. The van der Waals surface area contributed by atoms with Gasteiger partial charge in [0.25, 0.3) is 0 Å². The third-order valence-electron chi connectivity index (χ3n) is 2.74. The van der Waals surface area contributed by atoms with Crippen LogP contribution >= 0.6 is 0 Å². The highest BCUT2D eigenvalue weighted by atomic mass is 19.1. The van der Waals surface area contributed by atoms with Crippen molar-refractivity contribution < 1.29 is 9.13 Å². The van der Waals surface area contributed by atoms with Crippen LogP contribution in [0.5, 0.6) is 11.5 Å². The summed E-state index contributed by atoms with van der Waals surface area (Å²) in [6.45, 7) is 5.10. The van der Waals surface area contributed by atoms with Crippen LogP contribution < -0.4 is 10.1 Å². The summed E-state index contributed by atoms with van der Waals surface area (Å²) in [6.07, 6.45) is 1.64. The van der Waals surface area contributed by atoms with Crippen LogP contribution in [0.15, 0.2) is 36.5 Å². The van der Waals surface area contributed by atoms with E-state index in [1.807, 2.05) is 26.0 Å². The largest absolute Gasteiger partial charge is 0.455 e. The Morgan fingerprint density at radius 3 is 2.79 bits per heavy atom. The van der Waals surface area contributed by atoms with Gasteiger partial charge < -0.3 is 10.1 Å². The van der Waals surface area contributed by atoms with Crippen LogP contribution in [-0.2, 0) is 6.54 Å². The number of nitrogens with one attached hydrogen (secondary N) is 1. The van der Waals surface area contributed by atoms with Crippen LogP contribution in [0.3, 0.4) is 0 Å². The van der Waals surface area contributed by atoms with E-state index in [1.165, 1.54) is 6.07 Å². The van der Waals surface area contributed by atoms with Gasteiger partial charge in [-0.15, -0.1) is 0 Å². The van der Waals surface area contributed by atoms with E-state index in [0.29, 0.717) is 23.6 Å². The van der Waals surface area contributed by atoms with Crippen molar-refractivity contribution in [3.8, 4) is 11.5 Å². The van der Waals surface area contributed by atoms with E-state index in [9.17, 15) is 4.39 Å². The lowest BCUT2D eigenvalue weighted by atomic mass is 10.2. The topological polar surface area (TPSA) is 34.1 Å². The van der Waals surface area contributed by atoms with Crippen molar-refractivity contribution >= 4 is 0 Å². The molecule has 0 aliphatic rings. The number of rotatable bonds is 5. The molecule has 1 heterocycles. The van der Waals surface area contributed by atoms with E-state index in [4.69, 9.17) is 4.74 Å². The first kappa shape index (κ1) is 13.5. The van der Waals surface area contributed by atoms with E-state index in [2.05, 4.69) is 10.3 Å². The molecular weight excluding hydrogens is 243 g/mol. The highest BCUT2D eigenvalue weighted by Gasteiger charge is 2.10. The molecule has 1 N–H and O–H groups in total. The number of nitrogens with zero attached hydrogens (tertiary/aromatic N) is 1. The maximum Gasteiger partial charge on any atom is 0.145 e. The minimum Gasteiger partial charge on any atom is -0.455 e. The van der Waals surface area contributed by atoms with Crippen LogP contribution in [0, 0.1) is 12.7 Å². The summed E-state index contributed by atoms with van der Waals surface area (Å²) in [5.74, 6) is 0.860. The fourth-order valence-corrected chi connectivity index (χ4v) is 1.70. The van der Waals surface area contributed by atoms with Gasteiger partial charge in [0, 0.05) is 17.8 Å². The summed E-state index contributed by atoms with van der Waals surface area (Å²) >= 11 is 0. The number of halogens is 1. The molecule has 0 bridgehead atoms. The fourth-order valence-electron chi connectivity index (χ4n) is 1.70. The first-order valence-corrected chi connectivity index (χ1v) is 6.29. The number of ether oxygens (including phenoxy) is 1. The van der Waals surface area contributed by atoms with Crippen molar-refractivity contribution in [1.29, 1.82) is 0 Å². The smallest absolute Gasteiger partial charge is 0.145 e. The Balaban J connectivity index is 2.23. The number of aryl methyl sites for hydroxylation is 1. The van der Waals surface area contributed by atoms with Gasteiger partial charge in [0.05, 0.1) is 6.20 Å². The second-order valence-electron chi connectivity index (χ2n) is 4.23. The van der Waals surface area contributed by atoms with Gasteiger partial charge in [-0.05, 0) is 37.7 Å². The van der Waals surface area contributed by atoms with Gasteiger partial charge in [-0.2, -0.15) is 0 Å². The van der Waals surface area contributed by atoms with E-state index < -0.39 is 0 Å². The summed E-state index contributed by atoms with van der Waals surface area (Å²) in [4.78, 5) is 4.16. The molecule has 0 radical (unpaired) electrons. The minimum atomic E-state index is -0.265. The zero-order valence-electron chi connectivity index (χ0n) is 11.1. The molecule has 0 saturated heterocycles. The normalized spacial score (nSPS) is 10.5. The molecule has 0 aliphatic carbocycles. The Morgan fingerprint density at radius 2 is 2.11 bits per heavy atom. The summed E-state index contributed by atoms with van der Waals surface area (Å²) in [7, 11) is 0. The quantitative estimate of drug-likeness (QED) is 0.894. The molecule has 0 spiro atoms. The Bertz CT molecular complexity index is 540. The maximum absolute atomic E-state index is 13.8. The summed E-state index contributed by atoms with van der Waals surface area (Å²) in [5, 5.41) is 3.11. The molecule has 100 valence electrons. The molecule has 0 unspecified atom stereocenters. The second-order valence-corrected chi connectivity index (χ2v) is 4.23. The zero-order chi connectivity index (χ0) is 13.7. The molecule has 19 heavy (non-hydrogen) atoms. The number of hydrogen-bond acceptors (Lipinski definition) is 3. The Kier molecular flexibility index (Phi) is 4.47. The van der Waals surface area contributed by atoms with Gasteiger partial charge in [-0.25, -0.2) is 4.39 Å². The van der Waals surface area contributed by atoms with Crippen molar-refractivity contribution in [3.63, 3.8) is 0 Å². The van der Waals surface area contributed by atoms with Gasteiger partial charge in [-0.1, -0.05) is 13.0 Å². The highest BCUT2D eigenvalue weighted by molar-refractivity contribution is 5.38. The average Bonchev–Trinajstić information content (AvgIpc) is 2.41. The average molecular weight is 260 g/mol. The summed E-state index contributed by atoms with van der Waals surface area (Å²) in [5.41, 5.74) is 1.45. The summed E-state index contributed by atoms with van der Waals surface area (Å²) < 4.78 is 19.5. The van der Waals surface area contributed by atoms with Crippen LogP contribution in [0.1, 0.15) is 18.2 Å². The van der Waals surface area contributed by atoms with Crippen molar-refractivity contribution in [2.24, 2.45) is 0 Å². The zero-order valence-corrected chi connectivity index (χ0v) is 11.1. The molecule has 0 aliphatic heterocycles. The van der Waals surface area contributed by atoms with Crippen LogP contribution in [0.2, 0.25) is 0 Å². The molecule has 4 heteroatoms. The molecule has 1 aromatic heterocycles. The van der Waals surface area contributed by atoms with Crippen molar-refractivity contribution in [1.82, 2.24) is 10.3 Å². The number of hydrogen-bond donors (Lipinski definition) is 1. The molecular formula is C15H17FN2O. The predicted octanol–water partition coefficient (Wildman–Crippen LogP) is 3.43. The maximum atomic E-state index is 13.8. The first-order valence-electron chi connectivity index (χ1n) is 6.29. The molecule has 0 amide bonds. The monoisotopic (exact) mass is 260 g/mol. The van der Waals surface area contributed by atoms with Crippen LogP contribution in [0.25, 0.3) is 0 Å². The number of aromatic nitrogens is 1. The molecule has 3 nitrogen and oxygen atoms in total. The predicted molar refractivity (Wildman–Crippen MR) is 72.8 cm³/mol. The lowest BCUT2D eigenvalue weighted by molar-refractivity contribution is 0.460. The van der Waals surface area contributed by atoms with Gasteiger partial charge >= 0.3 is 0 Å². The third kappa shape index (κ3) is 3.51. The lowest BCUT2D eigenvalue weighted by Gasteiger charge is -2.12. The Hall–Kier alpha value is -1.94. The van der Waals surface area contributed by atoms with Crippen molar-refractivity contribution in [3.05, 3.63) is 53.6 Å². The fraction of sp³-hybridized carbons (Fsp3) is 0.267. The Morgan fingerprint density at radius 1 is 1.26 bits per heavy atom. The van der Waals surface area contributed by atoms with E-state index in [1.54, 1.807) is 18.3 Å². The van der Waals surface area contributed by atoms with Crippen LogP contribution in [0.4, 0.5) is 4.39 Å². The van der Waals surface area contributed by atoms with Gasteiger partial charge in [0.15, 0.2) is 0 Å². The SMILES string of the molecule is CCNCc1c(F)cccc1Oc1ccc(C)nc1. The first-order chi connectivity index (χ1) is 9.20. The van der Waals surface area contributed by atoms with Gasteiger partial charge in [0.1, 0.15) is 17.3 Å². The second kappa shape index (κ2) is 6.29. The Labute approximate surface area is 112 Å². The number of pyridine rings is 1. The van der Waals surface area contributed by atoms with E-state index in [-0.39, 0.29) is 5.82 Å². The minimum absolute atomic E-state index is 0.265. The van der Waals surface area contributed by atoms with Crippen LogP contribution in [-0.4, -0.2) is 11.5 Å². The highest BCUT2D eigenvalue weighted by Crippen LogP contribution is 2.26.